The lowest BCUT2D eigenvalue weighted by Crippen LogP contribution is -2.28. The van der Waals surface area contributed by atoms with Crippen LogP contribution < -0.4 is 4.90 Å². The predicted molar refractivity (Wildman–Crippen MR) is 89.9 cm³/mol. The van der Waals surface area contributed by atoms with Crippen LogP contribution in [0.4, 0.5) is 5.69 Å². The van der Waals surface area contributed by atoms with Crippen molar-refractivity contribution in [3.8, 4) is 5.75 Å². The van der Waals surface area contributed by atoms with Crippen LogP contribution in [0.3, 0.4) is 0 Å². The number of thioether (sulfide) groups is 1. The van der Waals surface area contributed by atoms with E-state index in [9.17, 15) is 9.90 Å². The zero-order valence-electron chi connectivity index (χ0n) is 10.8. The standard InChI is InChI=1S/C15H11BrClNO2S/c16-11-4-2-1-3-10(11)15-18(14(20)8-21-15)12-7-9(17)5-6-13(12)19/h1-7,15,19H,8H2. The topological polar surface area (TPSA) is 40.5 Å². The summed E-state index contributed by atoms with van der Waals surface area (Å²) in [6.07, 6.45) is 0. The van der Waals surface area contributed by atoms with Crippen molar-refractivity contribution in [2.75, 3.05) is 10.7 Å². The minimum atomic E-state index is -0.183. The SMILES string of the molecule is O=C1CSC(c2ccccc2Br)N1c1cc(Cl)ccc1O. The Morgan fingerprint density at radius 3 is 2.81 bits per heavy atom. The van der Waals surface area contributed by atoms with Crippen LogP contribution in [0.2, 0.25) is 5.02 Å². The van der Waals surface area contributed by atoms with Gasteiger partial charge in [0, 0.05) is 9.50 Å². The van der Waals surface area contributed by atoms with Gasteiger partial charge in [0.25, 0.3) is 0 Å². The van der Waals surface area contributed by atoms with E-state index in [0.717, 1.165) is 10.0 Å². The van der Waals surface area contributed by atoms with Crippen LogP contribution in [0.1, 0.15) is 10.9 Å². The van der Waals surface area contributed by atoms with Crippen LogP contribution in [0, 0.1) is 0 Å². The number of hydrogen-bond acceptors (Lipinski definition) is 3. The smallest absolute Gasteiger partial charge is 0.238 e. The zero-order valence-corrected chi connectivity index (χ0v) is 14.0. The molecule has 1 amide bonds. The van der Waals surface area contributed by atoms with Crippen molar-refractivity contribution in [2.24, 2.45) is 0 Å². The zero-order chi connectivity index (χ0) is 15.0. The molecule has 1 fully saturated rings. The minimum Gasteiger partial charge on any atom is -0.506 e. The number of amides is 1. The molecule has 3 rings (SSSR count). The molecule has 1 unspecified atom stereocenters. The predicted octanol–water partition coefficient (Wildman–Crippen LogP) is 4.59. The average molecular weight is 385 g/mol. The first-order valence-electron chi connectivity index (χ1n) is 6.24. The Bertz CT molecular complexity index is 710. The molecule has 108 valence electrons. The summed E-state index contributed by atoms with van der Waals surface area (Å²) in [6.45, 7) is 0. The van der Waals surface area contributed by atoms with Gasteiger partial charge in [-0.25, -0.2) is 0 Å². The molecule has 3 nitrogen and oxygen atoms in total. The molecule has 21 heavy (non-hydrogen) atoms. The molecule has 1 heterocycles. The number of rotatable bonds is 2. The summed E-state index contributed by atoms with van der Waals surface area (Å²) >= 11 is 11.0. The second kappa shape index (κ2) is 5.91. The van der Waals surface area contributed by atoms with Gasteiger partial charge in [-0.05, 0) is 29.8 Å². The van der Waals surface area contributed by atoms with Crippen LogP contribution in [-0.2, 0) is 4.79 Å². The Labute approximate surface area is 140 Å². The average Bonchev–Trinajstić information content (AvgIpc) is 2.84. The summed E-state index contributed by atoms with van der Waals surface area (Å²) in [7, 11) is 0. The highest BCUT2D eigenvalue weighted by molar-refractivity contribution is 9.10. The first-order valence-corrected chi connectivity index (χ1v) is 8.46. The van der Waals surface area contributed by atoms with Gasteiger partial charge >= 0.3 is 0 Å². The minimum absolute atomic E-state index is 0.0432. The Morgan fingerprint density at radius 2 is 2.05 bits per heavy atom. The maximum Gasteiger partial charge on any atom is 0.238 e. The number of aromatic hydroxyl groups is 1. The summed E-state index contributed by atoms with van der Waals surface area (Å²) in [5, 5.41) is 10.4. The van der Waals surface area contributed by atoms with Gasteiger partial charge in [0.05, 0.1) is 11.4 Å². The molecule has 0 spiro atoms. The number of benzene rings is 2. The van der Waals surface area contributed by atoms with Crippen LogP contribution in [0.25, 0.3) is 0 Å². The molecule has 0 saturated carbocycles. The Hall–Kier alpha value is -1.17. The van der Waals surface area contributed by atoms with Gasteiger partial charge in [-0.15, -0.1) is 11.8 Å². The van der Waals surface area contributed by atoms with Crippen LogP contribution in [0.5, 0.6) is 5.75 Å². The van der Waals surface area contributed by atoms with E-state index >= 15 is 0 Å². The van der Waals surface area contributed by atoms with Gasteiger partial charge in [0.1, 0.15) is 11.1 Å². The van der Waals surface area contributed by atoms with E-state index in [0.29, 0.717) is 16.5 Å². The number of carbonyl (C=O) groups is 1. The number of halogens is 2. The summed E-state index contributed by atoms with van der Waals surface area (Å²) in [5.74, 6) is 0.378. The van der Waals surface area contributed by atoms with Crippen molar-refractivity contribution >= 4 is 50.9 Å². The molecule has 1 atom stereocenters. The fraction of sp³-hybridized carbons (Fsp3) is 0.133. The molecule has 1 saturated heterocycles. The second-order valence-electron chi connectivity index (χ2n) is 4.58. The van der Waals surface area contributed by atoms with Crippen molar-refractivity contribution in [1.82, 2.24) is 0 Å². The van der Waals surface area contributed by atoms with E-state index in [-0.39, 0.29) is 17.0 Å². The van der Waals surface area contributed by atoms with E-state index in [1.54, 1.807) is 17.0 Å². The molecular formula is C15H11BrClNO2S. The number of anilines is 1. The third kappa shape index (κ3) is 2.78. The lowest BCUT2D eigenvalue weighted by molar-refractivity contribution is -0.115. The van der Waals surface area contributed by atoms with E-state index < -0.39 is 0 Å². The fourth-order valence-electron chi connectivity index (χ4n) is 2.28. The van der Waals surface area contributed by atoms with Crippen molar-refractivity contribution < 1.29 is 9.90 Å². The molecule has 2 aromatic rings. The van der Waals surface area contributed by atoms with E-state index in [4.69, 9.17) is 11.6 Å². The van der Waals surface area contributed by atoms with Gasteiger partial charge < -0.3 is 5.11 Å². The molecule has 0 bridgehead atoms. The highest BCUT2D eigenvalue weighted by Crippen LogP contribution is 2.46. The maximum atomic E-state index is 12.3. The lowest BCUT2D eigenvalue weighted by Gasteiger charge is -2.25. The Kier molecular flexibility index (Phi) is 4.15. The largest absolute Gasteiger partial charge is 0.506 e. The highest BCUT2D eigenvalue weighted by Gasteiger charge is 2.36. The molecule has 6 heteroatoms. The number of phenols is 1. The first-order chi connectivity index (χ1) is 10.1. The maximum absolute atomic E-state index is 12.3. The second-order valence-corrected chi connectivity index (χ2v) is 6.94. The molecule has 1 N–H and O–H groups in total. The summed E-state index contributed by atoms with van der Waals surface area (Å²) in [6, 6.07) is 12.5. The van der Waals surface area contributed by atoms with Crippen molar-refractivity contribution in [1.29, 1.82) is 0 Å². The van der Waals surface area contributed by atoms with E-state index in [1.807, 2.05) is 24.3 Å². The Balaban J connectivity index is 2.08. The van der Waals surface area contributed by atoms with Gasteiger partial charge in [0.2, 0.25) is 5.91 Å². The summed E-state index contributed by atoms with van der Waals surface area (Å²) < 4.78 is 0.934. The van der Waals surface area contributed by atoms with Gasteiger partial charge in [-0.3, -0.25) is 9.69 Å². The highest BCUT2D eigenvalue weighted by atomic mass is 79.9. The third-order valence-electron chi connectivity index (χ3n) is 3.24. The molecule has 1 aliphatic rings. The number of hydrogen-bond donors (Lipinski definition) is 1. The number of phenolic OH excluding ortho intramolecular Hbond substituents is 1. The monoisotopic (exact) mass is 383 g/mol. The van der Waals surface area contributed by atoms with Crippen LogP contribution in [0.15, 0.2) is 46.9 Å². The van der Waals surface area contributed by atoms with Crippen LogP contribution in [-0.4, -0.2) is 16.8 Å². The van der Waals surface area contributed by atoms with Crippen molar-refractivity contribution in [3.63, 3.8) is 0 Å². The molecule has 0 aliphatic carbocycles. The molecule has 2 aromatic carbocycles. The first kappa shape index (κ1) is 14.8. The van der Waals surface area contributed by atoms with E-state index in [2.05, 4.69) is 15.9 Å². The van der Waals surface area contributed by atoms with Crippen molar-refractivity contribution in [3.05, 3.63) is 57.5 Å². The number of nitrogens with zero attached hydrogens (tertiary/aromatic N) is 1. The molecular weight excluding hydrogens is 374 g/mol. The molecule has 1 aliphatic heterocycles. The third-order valence-corrected chi connectivity index (χ3v) is 5.39. The lowest BCUT2D eigenvalue weighted by atomic mass is 10.2. The van der Waals surface area contributed by atoms with E-state index in [1.165, 1.54) is 17.8 Å². The van der Waals surface area contributed by atoms with Gasteiger partial charge in [-0.2, -0.15) is 0 Å². The Morgan fingerprint density at radius 1 is 1.29 bits per heavy atom. The molecule has 0 radical (unpaired) electrons. The van der Waals surface area contributed by atoms with Crippen molar-refractivity contribution in [2.45, 2.75) is 5.37 Å². The van der Waals surface area contributed by atoms with Gasteiger partial charge in [-0.1, -0.05) is 45.7 Å². The quantitative estimate of drug-likeness (QED) is 0.823. The van der Waals surface area contributed by atoms with Gasteiger partial charge in [0.15, 0.2) is 0 Å². The molecule has 0 aromatic heterocycles. The summed E-state index contributed by atoms with van der Waals surface area (Å²) in [4.78, 5) is 13.9. The number of carbonyl (C=O) groups excluding carboxylic acids is 1. The fourth-order valence-corrected chi connectivity index (χ4v) is 4.30. The normalized spacial score (nSPS) is 18.3. The van der Waals surface area contributed by atoms with Crippen LogP contribution >= 0.6 is 39.3 Å². The summed E-state index contributed by atoms with van der Waals surface area (Å²) in [5.41, 5.74) is 1.44.